The Hall–Kier alpha value is -1.56. The number of benzene rings is 1. The van der Waals surface area contributed by atoms with Gasteiger partial charge in [0.15, 0.2) is 23.3 Å². The van der Waals surface area contributed by atoms with Gasteiger partial charge in [-0.25, -0.2) is 17.6 Å². The van der Waals surface area contributed by atoms with E-state index in [0.29, 0.717) is 5.56 Å². The third-order valence-electron chi connectivity index (χ3n) is 2.52. The molecule has 1 atom stereocenters. The zero-order valence-corrected chi connectivity index (χ0v) is 8.95. The van der Waals surface area contributed by atoms with E-state index in [-0.39, 0.29) is 23.4 Å². The highest BCUT2D eigenvalue weighted by molar-refractivity contribution is 5.84. The molecule has 1 aromatic heterocycles. The van der Waals surface area contributed by atoms with Gasteiger partial charge in [-0.2, -0.15) is 0 Å². The average molecular weight is 246 g/mol. The number of nitrogens with two attached hydrogens (primary N) is 1. The van der Waals surface area contributed by atoms with Crippen LogP contribution >= 0.6 is 0 Å². The molecule has 0 spiro atoms. The topological polar surface area (TPSA) is 41.8 Å². The first-order valence-electron chi connectivity index (χ1n) is 5.01. The number of aromatic nitrogens is 1. The van der Waals surface area contributed by atoms with Crippen molar-refractivity contribution in [2.24, 2.45) is 5.73 Å². The normalized spacial score (nSPS) is 13.3. The summed E-state index contributed by atoms with van der Waals surface area (Å²) in [5.74, 6) is -6.43. The van der Waals surface area contributed by atoms with Crippen LogP contribution in [0.15, 0.2) is 6.20 Å². The van der Waals surface area contributed by atoms with Crippen molar-refractivity contribution >= 4 is 10.9 Å². The van der Waals surface area contributed by atoms with Gasteiger partial charge in [0.05, 0.1) is 5.52 Å². The first kappa shape index (κ1) is 11.9. The van der Waals surface area contributed by atoms with E-state index < -0.39 is 23.3 Å². The molecule has 0 amide bonds. The molecule has 1 heterocycles. The summed E-state index contributed by atoms with van der Waals surface area (Å²) in [5, 5.41) is -0.279. The highest BCUT2D eigenvalue weighted by Crippen LogP contribution is 2.29. The highest BCUT2D eigenvalue weighted by atomic mass is 19.2. The van der Waals surface area contributed by atoms with Crippen molar-refractivity contribution in [1.29, 1.82) is 0 Å². The Morgan fingerprint density at radius 1 is 1.12 bits per heavy atom. The van der Waals surface area contributed by atoms with Gasteiger partial charge in [0.2, 0.25) is 0 Å². The molecule has 1 aromatic carbocycles. The second-order valence-corrected chi connectivity index (χ2v) is 4.00. The fourth-order valence-electron chi connectivity index (χ4n) is 1.81. The summed E-state index contributed by atoms with van der Waals surface area (Å²) in [6.07, 6.45) is 1.54. The van der Waals surface area contributed by atoms with Gasteiger partial charge in [-0.15, -0.1) is 0 Å². The molecule has 0 aliphatic heterocycles. The summed E-state index contributed by atoms with van der Waals surface area (Å²) in [4.78, 5) is 2.39. The lowest BCUT2D eigenvalue weighted by atomic mass is 10.1. The summed E-state index contributed by atoms with van der Waals surface area (Å²) >= 11 is 0. The Morgan fingerprint density at radius 3 is 2.29 bits per heavy atom. The fraction of sp³-hybridized carbons (Fsp3) is 0.273. The Morgan fingerprint density at radius 2 is 1.71 bits per heavy atom. The van der Waals surface area contributed by atoms with Crippen molar-refractivity contribution in [1.82, 2.24) is 4.98 Å². The summed E-state index contributed by atoms with van der Waals surface area (Å²) in [6, 6.07) is -0.301. The van der Waals surface area contributed by atoms with Crippen LogP contribution in [0.3, 0.4) is 0 Å². The van der Waals surface area contributed by atoms with Crippen LogP contribution in [0.25, 0.3) is 10.9 Å². The van der Waals surface area contributed by atoms with Crippen LogP contribution in [0.1, 0.15) is 12.5 Å². The van der Waals surface area contributed by atoms with Crippen LogP contribution in [0.5, 0.6) is 0 Å². The lowest BCUT2D eigenvalue weighted by molar-refractivity contribution is 0.417. The van der Waals surface area contributed by atoms with Crippen molar-refractivity contribution < 1.29 is 17.6 Å². The number of halogens is 4. The maximum Gasteiger partial charge on any atom is 0.199 e. The van der Waals surface area contributed by atoms with Crippen LogP contribution < -0.4 is 5.73 Å². The third-order valence-corrected chi connectivity index (χ3v) is 2.52. The minimum Gasteiger partial charge on any atom is -0.358 e. The van der Waals surface area contributed by atoms with Gasteiger partial charge >= 0.3 is 0 Å². The largest absolute Gasteiger partial charge is 0.358 e. The minimum absolute atomic E-state index is 0.238. The highest BCUT2D eigenvalue weighted by Gasteiger charge is 2.23. The van der Waals surface area contributed by atoms with E-state index in [1.165, 1.54) is 6.20 Å². The smallest absolute Gasteiger partial charge is 0.199 e. The number of fused-ring (bicyclic) bond motifs is 1. The Labute approximate surface area is 94.4 Å². The van der Waals surface area contributed by atoms with E-state index in [9.17, 15) is 17.6 Å². The number of hydrogen-bond donors (Lipinski definition) is 2. The minimum atomic E-state index is -1.82. The van der Waals surface area contributed by atoms with Gasteiger partial charge in [0.25, 0.3) is 0 Å². The second kappa shape index (κ2) is 4.03. The first-order valence-corrected chi connectivity index (χ1v) is 5.01. The summed E-state index contributed by atoms with van der Waals surface area (Å²) < 4.78 is 52.9. The number of rotatable bonds is 2. The average Bonchev–Trinajstić information content (AvgIpc) is 2.66. The standard InChI is InChI=1S/C11H10F4N2/c1-4(16)2-5-3-17-11-6(5)7(12)8(13)9(14)10(11)15/h3-4,17H,2,16H2,1H3. The number of H-pyrrole nitrogens is 1. The Bertz CT molecular complexity index is 575. The van der Waals surface area contributed by atoms with Gasteiger partial charge in [-0.1, -0.05) is 0 Å². The molecule has 3 N–H and O–H groups in total. The molecule has 2 nitrogen and oxygen atoms in total. The summed E-state index contributed by atoms with van der Waals surface area (Å²) in [6.45, 7) is 1.67. The molecule has 92 valence electrons. The van der Waals surface area contributed by atoms with Crippen LogP contribution in [0, 0.1) is 23.3 Å². The van der Waals surface area contributed by atoms with Crippen molar-refractivity contribution in [3.8, 4) is 0 Å². The molecule has 2 aromatic rings. The number of nitrogens with one attached hydrogen (secondary N) is 1. The summed E-state index contributed by atoms with van der Waals surface area (Å²) in [5.41, 5.74) is 5.48. The number of hydrogen-bond acceptors (Lipinski definition) is 1. The summed E-state index contributed by atoms with van der Waals surface area (Å²) in [7, 11) is 0. The van der Waals surface area contributed by atoms with E-state index in [0.717, 1.165) is 0 Å². The van der Waals surface area contributed by atoms with Gasteiger partial charge < -0.3 is 10.7 Å². The van der Waals surface area contributed by atoms with Crippen LogP contribution in [-0.2, 0) is 6.42 Å². The lowest BCUT2D eigenvalue weighted by Crippen LogP contribution is -2.17. The SMILES string of the molecule is CC(N)Cc1c[nH]c2c(F)c(F)c(F)c(F)c12. The quantitative estimate of drug-likeness (QED) is 0.477. The van der Waals surface area contributed by atoms with Gasteiger partial charge in [0, 0.05) is 17.6 Å². The van der Waals surface area contributed by atoms with E-state index in [1.807, 2.05) is 0 Å². The maximum atomic E-state index is 13.5. The van der Waals surface area contributed by atoms with E-state index in [1.54, 1.807) is 6.92 Å². The fourth-order valence-corrected chi connectivity index (χ4v) is 1.81. The molecular weight excluding hydrogens is 236 g/mol. The molecule has 0 bridgehead atoms. The van der Waals surface area contributed by atoms with Crippen molar-refractivity contribution in [3.05, 3.63) is 35.0 Å². The molecule has 2 rings (SSSR count). The predicted octanol–water partition coefficient (Wildman–Crippen LogP) is 2.61. The van der Waals surface area contributed by atoms with E-state index in [4.69, 9.17) is 5.73 Å². The second-order valence-electron chi connectivity index (χ2n) is 4.00. The van der Waals surface area contributed by atoms with Crippen LogP contribution in [0.2, 0.25) is 0 Å². The van der Waals surface area contributed by atoms with Crippen molar-refractivity contribution in [3.63, 3.8) is 0 Å². The van der Waals surface area contributed by atoms with E-state index in [2.05, 4.69) is 4.98 Å². The van der Waals surface area contributed by atoms with Crippen LogP contribution in [-0.4, -0.2) is 11.0 Å². The monoisotopic (exact) mass is 246 g/mol. The van der Waals surface area contributed by atoms with Gasteiger partial charge in [-0.3, -0.25) is 0 Å². The molecule has 17 heavy (non-hydrogen) atoms. The van der Waals surface area contributed by atoms with E-state index >= 15 is 0 Å². The molecule has 0 aliphatic carbocycles. The number of aromatic amines is 1. The Balaban J connectivity index is 2.76. The van der Waals surface area contributed by atoms with Crippen molar-refractivity contribution in [2.75, 3.05) is 0 Å². The van der Waals surface area contributed by atoms with Crippen LogP contribution in [0.4, 0.5) is 17.6 Å². The molecule has 0 aliphatic rings. The van der Waals surface area contributed by atoms with Crippen molar-refractivity contribution in [2.45, 2.75) is 19.4 Å². The first-order chi connectivity index (χ1) is 7.93. The lowest BCUT2D eigenvalue weighted by Gasteiger charge is -2.05. The molecule has 1 unspecified atom stereocenters. The molecule has 0 saturated heterocycles. The molecule has 0 fully saturated rings. The molecular formula is C11H10F4N2. The zero-order chi connectivity index (χ0) is 12.7. The molecule has 6 heteroatoms. The van der Waals surface area contributed by atoms with Gasteiger partial charge in [-0.05, 0) is 18.9 Å². The molecule has 0 radical (unpaired) electrons. The Kier molecular flexibility index (Phi) is 2.82. The predicted molar refractivity (Wildman–Crippen MR) is 55.5 cm³/mol. The maximum absolute atomic E-state index is 13.5. The third kappa shape index (κ3) is 1.78. The van der Waals surface area contributed by atoms with Gasteiger partial charge in [0.1, 0.15) is 0 Å². The zero-order valence-electron chi connectivity index (χ0n) is 8.95. The molecule has 0 saturated carbocycles.